The van der Waals surface area contributed by atoms with E-state index in [9.17, 15) is 4.79 Å². The molecule has 1 saturated heterocycles. The van der Waals surface area contributed by atoms with Crippen LogP contribution in [0.15, 0.2) is 24.8 Å². The first kappa shape index (κ1) is 16.1. The summed E-state index contributed by atoms with van der Waals surface area (Å²) in [6.07, 6.45) is 11.4. The Balaban J connectivity index is 1.44. The normalized spacial score (nSPS) is 20.3. The highest BCUT2D eigenvalue weighted by molar-refractivity contribution is 5.79. The number of imidazole rings is 1. The molecule has 0 aromatic carbocycles. The number of hydrogen-bond acceptors (Lipinski definition) is 5. The molecule has 3 heterocycles. The van der Waals surface area contributed by atoms with Gasteiger partial charge in [0.1, 0.15) is 5.82 Å². The molecule has 1 atom stereocenters. The second kappa shape index (κ2) is 6.82. The quantitative estimate of drug-likeness (QED) is 0.836. The molecule has 2 aromatic heterocycles. The van der Waals surface area contributed by atoms with Gasteiger partial charge in [0.25, 0.3) is 0 Å². The lowest BCUT2D eigenvalue weighted by molar-refractivity contribution is -0.128. The van der Waals surface area contributed by atoms with Gasteiger partial charge in [-0.1, -0.05) is 6.92 Å². The number of likely N-dealkylation sites (tertiary alicyclic amines) is 1. The molecule has 25 heavy (non-hydrogen) atoms. The molecule has 1 saturated carbocycles. The van der Waals surface area contributed by atoms with Gasteiger partial charge in [0, 0.05) is 62.8 Å². The zero-order valence-electron chi connectivity index (χ0n) is 14.6. The summed E-state index contributed by atoms with van der Waals surface area (Å²) in [7, 11) is 0. The number of nitrogens with one attached hydrogen (secondary N) is 1. The molecule has 7 nitrogen and oxygen atoms in total. The van der Waals surface area contributed by atoms with Crippen LogP contribution in [-0.4, -0.2) is 49.5 Å². The molecule has 7 heteroatoms. The maximum atomic E-state index is 12.1. The number of aromatic nitrogens is 4. The predicted octanol–water partition coefficient (Wildman–Crippen LogP) is 2.17. The average molecular weight is 340 g/mol. The van der Waals surface area contributed by atoms with E-state index in [1.165, 1.54) is 12.8 Å². The second-order valence-electron chi connectivity index (χ2n) is 6.97. The van der Waals surface area contributed by atoms with Crippen molar-refractivity contribution in [3.8, 4) is 11.4 Å². The Hall–Kier alpha value is -2.44. The van der Waals surface area contributed by atoms with E-state index in [1.807, 2.05) is 6.20 Å². The van der Waals surface area contributed by atoms with Gasteiger partial charge in [-0.15, -0.1) is 0 Å². The number of amides is 1. The van der Waals surface area contributed by atoms with Gasteiger partial charge in [-0.3, -0.25) is 4.79 Å². The Labute approximate surface area is 147 Å². The van der Waals surface area contributed by atoms with Crippen molar-refractivity contribution in [1.82, 2.24) is 24.4 Å². The Morgan fingerprint density at radius 1 is 1.24 bits per heavy atom. The van der Waals surface area contributed by atoms with Gasteiger partial charge in [-0.2, -0.15) is 0 Å². The number of anilines is 1. The average Bonchev–Trinajstić information content (AvgIpc) is 3.26. The van der Waals surface area contributed by atoms with E-state index >= 15 is 0 Å². The number of hydrogen-bond donors (Lipinski definition) is 1. The fraction of sp³-hybridized carbons (Fsp3) is 0.556. The molecular weight excluding hydrogens is 316 g/mol. The lowest BCUT2D eigenvalue weighted by Crippen LogP contribution is -2.27. The van der Waals surface area contributed by atoms with Crippen LogP contribution in [0.25, 0.3) is 11.4 Å². The Morgan fingerprint density at radius 3 is 2.76 bits per heavy atom. The number of carbonyl (C=O) groups excluding carboxylic acids is 1. The lowest BCUT2D eigenvalue weighted by atomic mass is 10.1. The van der Waals surface area contributed by atoms with Crippen LogP contribution in [0.1, 0.15) is 32.6 Å². The molecule has 0 spiro atoms. The standard InChI is InChI=1S/C18H24N6O/c1-2-5-20-18-21-9-14(10-22-18)17-19-6-7-23(17)11-13-8-16(25)24(12-13)15-3-4-15/h6-7,9-10,13,15H,2-5,8,11-12H2,1H3,(H,20,21,22). The van der Waals surface area contributed by atoms with Crippen LogP contribution < -0.4 is 5.32 Å². The Kier molecular flexibility index (Phi) is 4.38. The first-order chi connectivity index (χ1) is 12.2. The third-order valence-corrected chi connectivity index (χ3v) is 4.84. The molecule has 132 valence electrons. The molecule has 1 amide bonds. The summed E-state index contributed by atoms with van der Waals surface area (Å²) in [5.41, 5.74) is 0.899. The Morgan fingerprint density at radius 2 is 2.04 bits per heavy atom. The summed E-state index contributed by atoms with van der Waals surface area (Å²) in [5.74, 6) is 2.17. The third kappa shape index (κ3) is 3.50. The monoisotopic (exact) mass is 340 g/mol. The van der Waals surface area contributed by atoms with Crippen LogP contribution in [0, 0.1) is 5.92 Å². The zero-order chi connectivity index (χ0) is 17.2. The van der Waals surface area contributed by atoms with Crippen molar-refractivity contribution in [2.24, 2.45) is 5.92 Å². The molecule has 1 aliphatic heterocycles. The molecule has 2 fully saturated rings. The first-order valence-corrected chi connectivity index (χ1v) is 9.11. The van der Waals surface area contributed by atoms with Gasteiger partial charge in [0.2, 0.25) is 11.9 Å². The minimum Gasteiger partial charge on any atom is -0.354 e. The highest BCUT2D eigenvalue weighted by Gasteiger charge is 2.39. The van der Waals surface area contributed by atoms with Crippen LogP contribution in [-0.2, 0) is 11.3 Å². The van der Waals surface area contributed by atoms with Crippen LogP contribution in [0.2, 0.25) is 0 Å². The van der Waals surface area contributed by atoms with Gasteiger partial charge < -0.3 is 14.8 Å². The topological polar surface area (TPSA) is 75.9 Å². The summed E-state index contributed by atoms with van der Waals surface area (Å²) in [4.78, 5) is 27.4. The van der Waals surface area contributed by atoms with E-state index < -0.39 is 0 Å². The summed E-state index contributed by atoms with van der Waals surface area (Å²) in [6, 6.07) is 0.510. The van der Waals surface area contributed by atoms with Crippen LogP contribution in [0.5, 0.6) is 0 Å². The molecule has 1 aliphatic carbocycles. The van der Waals surface area contributed by atoms with Crippen molar-refractivity contribution in [1.29, 1.82) is 0 Å². The number of carbonyl (C=O) groups is 1. The van der Waals surface area contributed by atoms with E-state index in [-0.39, 0.29) is 0 Å². The second-order valence-corrected chi connectivity index (χ2v) is 6.97. The molecule has 4 rings (SSSR count). The van der Waals surface area contributed by atoms with Crippen molar-refractivity contribution >= 4 is 11.9 Å². The van der Waals surface area contributed by atoms with Crippen LogP contribution in [0.3, 0.4) is 0 Å². The summed E-state index contributed by atoms with van der Waals surface area (Å²) in [5, 5.41) is 3.17. The van der Waals surface area contributed by atoms with Gasteiger partial charge in [0.15, 0.2) is 0 Å². The van der Waals surface area contributed by atoms with E-state index in [4.69, 9.17) is 0 Å². The molecule has 2 aromatic rings. The van der Waals surface area contributed by atoms with E-state index in [0.29, 0.717) is 30.2 Å². The highest BCUT2D eigenvalue weighted by Crippen LogP contribution is 2.33. The van der Waals surface area contributed by atoms with E-state index in [2.05, 4.69) is 36.7 Å². The SMILES string of the molecule is CCCNc1ncc(-c2nccn2CC2CC(=O)N(C3CC3)C2)cn1. The van der Waals surface area contributed by atoms with Crippen LogP contribution >= 0.6 is 0 Å². The molecule has 0 radical (unpaired) electrons. The first-order valence-electron chi connectivity index (χ1n) is 9.11. The van der Waals surface area contributed by atoms with E-state index in [1.54, 1.807) is 18.6 Å². The summed E-state index contributed by atoms with van der Waals surface area (Å²) < 4.78 is 2.12. The van der Waals surface area contributed by atoms with Crippen molar-refractivity contribution in [3.05, 3.63) is 24.8 Å². The minimum atomic E-state index is 0.309. The lowest BCUT2D eigenvalue weighted by Gasteiger charge is -2.16. The highest BCUT2D eigenvalue weighted by atomic mass is 16.2. The molecule has 2 aliphatic rings. The fourth-order valence-corrected chi connectivity index (χ4v) is 3.44. The third-order valence-electron chi connectivity index (χ3n) is 4.84. The maximum absolute atomic E-state index is 12.1. The Bertz CT molecular complexity index is 736. The molecule has 1 N–H and O–H groups in total. The van der Waals surface area contributed by atoms with Crippen molar-refractivity contribution in [2.75, 3.05) is 18.4 Å². The maximum Gasteiger partial charge on any atom is 0.223 e. The van der Waals surface area contributed by atoms with Crippen LogP contribution in [0.4, 0.5) is 5.95 Å². The largest absolute Gasteiger partial charge is 0.354 e. The smallest absolute Gasteiger partial charge is 0.223 e. The van der Waals surface area contributed by atoms with Crippen molar-refractivity contribution < 1.29 is 4.79 Å². The summed E-state index contributed by atoms with van der Waals surface area (Å²) in [6.45, 7) is 4.65. The number of rotatable bonds is 7. The van der Waals surface area contributed by atoms with Crippen molar-refractivity contribution in [3.63, 3.8) is 0 Å². The minimum absolute atomic E-state index is 0.309. The van der Waals surface area contributed by atoms with E-state index in [0.717, 1.165) is 37.4 Å². The molecular formula is C18H24N6O. The predicted molar refractivity (Wildman–Crippen MR) is 94.9 cm³/mol. The zero-order valence-corrected chi connectivity index (χ0v) is 14.6. The van der Waals surface area contributed by atoms with Gasteiger partial charge in [-0.25, -0.2) is 15.0 Å². The van der Waals surface area contributed by atoms with Gasteiger partial charge in [0.05, 0.1) is 5.56 Å². The number of nitrogens with zero attached hydrogens (tertiary/aromatic N) is 5. The molecule has 1 unspecified atom stereocenters. The van der Waals surface area contributed by atoms with Crippen molar-refractivity contribution in [2.45, 2.75) is 45.2 Å². The summed E-state index contributed by atoms with van der Waals surface area (Å²) >= 11 is 0. The molecule has 0 bridgehead atoms. The van der Waals surface area contributed by atoms with Gasteiger partial charge in [-0.05, 0) is 19.3 Å². The fourth-order valence-electron chi connectivity index (χ4n) is 3.44. The van der Waals surface area contributed by atoms with Gasteiger partial charge >= 0.3 is 0 Å².